The molecule has 0 aromatic carbocycles. The quantitative estimate of drug-likeness (QED) is 0.282. The van der Waals surface area contributed by atoms with Crippen LogP contribution in [0.15, 0.2) is 0 Å². The highest BCUT2D eigenvalue weighted by Crippen LogP contribution is 2.54. The summed E-state index contributed by atoms with van der Waals surface area (Å²) in [6, 6.07) is 0. The van der Waals surface area contributed by atoms with Gasteiger partial charge >= 0.3 is 29.9 Å². The minimum Gasteiger partial charge on any atom is -0.452 e. The van der Waals surface area contributed by atoms with Crippen molar-refractivity contribution in [1.82, 2.24) is 0 Å². The highest BCUT2D eigenvalue weighted by Gasteiger charge is 2.81. The first kappa shape index (κ1) is 19.6. The highest BCUT2D eigenvalue weighted by atomic mass is 127. The smallest absolute Gasteiger partial charge is 0.452 e. The lowest BCUT2D eigenvalue weighted by Crippen LogP contribution is -2.61. The average Bonchev–Trinajstić information content (AvgIpc) is 2.12. The molecule has 1 atom stereocenters. The minimum atomic E-state index is -6.93. The molecule has 0 aliphatic heterocycles. The molecule has 20 heavy (non-hydrogen) atoms. The van der Waals surface area contributed by atoms with E-state index in [-0.39, 0.29) is 0 Å². The summed E-state index contributed by atoms with van der Waals surface area (Å²) < 4.78 is 114. The number of carbonyl (C=O) groups is 1. The number of hydrogen-bond acceptors (Lipinski definition) is 2. The van der Waals surface area contributed by atoms with E-state index in [9.17, 15) is 44.3 Å². The Balaban J connectivity index is 5.31. The van der Waals surface area contributed by atoms with Crippen LogP contribution >= 0.6 is 22.6 Å². The number of carbonyl (C=O) groups excluding carboxylic acids is 1. The number of alkyl halides is 10. The summed E-state index contributed by atoms with van der Waals surface area (Å²) in [6.45, 7) is 0.715. The standard InChI is InChI=1S/C8H6F9IO2/c1-3(19)20-4(18)2-5(9,10)6(11,12)7(13,14)8(15,16)17/h4H,2H2,1H3. The summed E-state index contributed by atoms with van der Waals surface area (Å²) in [4.78, 5) is 10.4. The van der Waals surface area contributed by atoms with Crippen molar-refractivity contribution in [3.05, 3.63) is 0 Å². The predicted octanol–water partition coefficient (Wildman–Crippen LogP) is 4.17. The van der Waals surface area contributed by atoms with Crippen molar-refractivity contribution in [2.45, 2.75) is 41.4 Å². The molecule has 0 aromatic heterocycles. The van der Waals surface area contributed by atoms with Gasteiger partial charge in [0.1, 0.15) is 0 Å². The van der Waals surface area contributed by atoms with E-state index >= 15 is 0 Å². The third-order valence-electron chi connectivity index (χ3n) is 1.92. The fourth-order valence-electron chi connectivity index (χ4n) is 0.959. The van der Waals surface area contributed by atoms with Gasteiger partial charge in [-0.15, -0.1) is 0 Å². The molecule has 2 nitrogen and oxygen atoms in total. The van der Waals surface area contributed by atoms with Crippen LogP contribution in [0.1, 0.15) is 13.3 Å². The Labute approximate surface area is 119 Å². The Morgan fingerprint density at radius 3 is 1.70 bits per heavy atom. The number of ether oxygens (including phenoxy) is 1. The molecule has 0 bridgehead atoms. The van der Waals surface area contributed by atoms with Crippen LogP contribution in [-0.2, 0) is 9.53 Å². The van der Waals surface area contributed by atoms with Gasteiger partial charge in [-0.3, -0.25) is 4.79 Å². The first-order chi connectivity index (χ1) is 8.56. The first-order valence-electron chi connectivity index (χ1n) is 4.57. The second kappa shape index (κ2) is 5.75. The Morgan fingerprint density at radius 2 is 1.40 bits per heavy atom. The van der Waals surface area contributed by atoms with E-state index < -0.39 is 40.4 Å². The van der Waals surface area contributed by atoms with Gasteiger partial charge in [-0.2, -0.15) is 39.5 Å². The van der Waals surface area contributed by atoms with Gasteiger partial charge in [-0.25, -0.2) is 0 Å². The summed E-state index contributed by atoms with van der Waals surface area (Å²) in [6.07, 6.45) is -9.06. The Hall–Kier alpha value is -0.430. The molecule has 0 fully saturated rings. The molecule has 0 aliphatic rings. The zero-order chi connectivity index (χ0) is 16.6. The molecule has 1 unspecified atom stereocenters. The molecular weight excluding hydrogens is 426 g/mol. The zero-order valence-electron chi connectivity index (χ0n) is 9.38. The molecule has 0 radical (unpaired) electrons. The Morgan fingerprint density at radius 1 is 1.00 bits per heavy atom. The second-order valence-corrected chi connectivity index (χ2v) is 4.96. The van der Waals surface area contributed by atoms with E-state index in [1.165, 1.54) is 0 Å². The summed E-state index contributed by atoms with van der Waals surface area (Å²) in [7, 11) is 0. The van der Waals surface area contributed by atoms with Crippen molar-refractivity contribution in [1.29, 1.82) is 0 Å². The van der Waals surface area contributed by atoms with Crippen molar-refractivity contribution < 1.29 is 49.0 Å². The van der Waals surface area contributed by atoms with Crippen molar-refractivity contribution in [3.63, 3.8) is 0 Å². The van der Waals surface area contributed by atoms with Crippen molar-refractivity contribution >= 4 is 28.6 Å². The van der Waals surface area contributed by atoms with Crippen LogP contribution in [0.2, 0.25) is 0 Å². The van der Waals surface area contributed by atoms with Gasteiger partial charge in [0.15, 0.2) is 4.11 Å². The van der Waals surface area contributed by atoms with Gasteiger partial charge in [-0.1, -0.05) is 0 Å². The van der Waals surface area contributed by atoms with E-state index in [0.29, 0.717) is 6.92 Å². The predicted molar refractivity (Wildman–Crippen MR) is 55.1 cm³/mol. The van der Waals surface area contributed by atoms with E-state index in [4.69, 9.17) is 0 Å². The largest absolute Gasteiger partial charge is 0.460 e. The third kappa shape index (κ3) is 3.81. The Kier molecular flexibility index (Phi) is 5.63. The molecule has 0 saturated carbocycles. The molecule has 120 valence electrons. The minimum absolute atomic E-state index is 0.715. The van der Waals surface area contributed by atoms with Crippen LogP contribution in [0, 0.1) is 0 Å². The number of halogens is 10. The third-order valence-corrected chi connectivity index (χ3v) is 2.62. The van der Waals surface area contributed by atoms with Crippen LogP contribution in [-0.4, -0.2) is 34.0 Å². The highest BCUT2D eigenvalue weighted by molar-refractivity contribution is 14.1. The van der Waals surface area contributed by atoms with E-state index in [0.717, 1.165) is 22.6 Å². The summed E-state index contributed by atoms with van der Waals surface area (Å²) in [5.74, 6) is -20.6. The van der Waals surface area contributed by atoms with E-state index in [1.54, 1.807) is 0 Å². The lowest BCUT2D eigenvalue weighted by molar-refractivity contribution is -0.397. The molecular formula is C8H6F9IO2. The normalized spacial score (nSPS) is 15.9. The SMILES string of the molecule is CC(=O)OC(I)CC(F)(F)C(F)(F)C(F)(F)C(F)(F)F. The number of esters is 1. The molecule has 0 rings (SSSR count). The zero-order valence-corrected chi connectivity index (χ0v) is 11.5. The van der Waals surface area contributed by atoms with Crippen molar-refractivity contribution in [2.24, 2.45) is 0 Å². The van der Waals surface area contributed by atoms with Crippen molar-refractivity contribution in [3.8, 4) is 0 Å². The first-order valence-corrected chi connectivity index (χ1v) is 5.82. The van der Waals surface area contributed by atoms with Crippen LogP contribution in [0.5, 0.6) is 0 Å². The summed E-state index contributed by atoms with van der Waals surface area (Å²) in [5.41, 5.74) is 0. The summed E-state index contributed by atoms with van der Waals surface area (Å²) >= 11 is 0.889. The van der Waals surface area contributed by atoms with Gasteiger partial charge in [-0.05, 0) is 22.6 Å². The maximum Gasteiger partial charge on any atom is 0.460 e. The molecule has 12 heteroatoms. The molecule has 0 N–H and O–H groups in total. The van der Waals surface area contributed by atoms with Gasteiger partial charge in [0.2, 0.25) is 0 Å². The fraction of sp³-hybridized carbons (Fsp3) is 0.875. The molecule has 0 heterocycles. The van der Waals surface area contributed by atoms with E-state index in [1.807, 2.05) is 0 Å². The molecule has 0 spiro atoms. The average molecular weight is 432 g/mol. The number of rotatable bonds is 5. The van der Waals surface area contributed by atoms with E-state index in [2.05, 4.69) is 4.74 Å². The topological polar surface area (TPSA) is 26.3 Å². The maximum absolute atomic E-state index is 13.0. The van der Waals surface area contributed by atoms with Gasteiger partial charge in [0, 0.05) is 6.92 Å². The van der Waals surface area contributed by atoms with Crippen LogP contribution < -0.4 is 0 Å². The van der Waals surface area contributed by atoms with Gasteiger partial charge < -0.3 is 4.74 Å². The molecule has 0 amide bonds. The lowest BCUT2D eigenvalue weighted by atomic mass is 10.0. The molecule has 0 aromatic rings. The monoisotopic (exact) mass is 432 g/mol. The maximum atomic E-state index is 13.0. The van der Waals surface area contributed by atoms with Gasteiger partial charge in [0.25, 0.3) is 0 Å². The van der Waals surface area contributed by atoms with Crippen LogP contribution in [0.4, 0.5) is 39.5 Å². The second-order valence-electron chi connectivity index (χ2n) is 3.57. The lowest BCUT2D eigenvalue weighted by Gasteiger charge is -2.34. The van der Waals surface area contributed by atoms with Crippen molar-refractivity contribution in [2.75, 3.05) is 0 Å². The number of hydrogen-bond donors (Lipinski definition) is 0. The van der Waals surface area contributed by atoms with Crippen LogP contribution in [0.25, 0.3) is 0 Å². The summed E-state index contributed by atoms with van der Waals surface area (Å²) in [5, 5.41) is 0. The molecule has 0 aliphatic carbocycles. The van der Waals surface area contributed by atoms with Gasteiger partial charge in [0.05, 0.1) is 6.42 Å². The fourth-order valence-corrected chi connectivity index (χ4v) is 1.87. The molecule has 0 saturated heterocycles. The Bertz CT molecular complexity index is 365. The van der Waals surface area contributed by atoms with Crippen LogP contribution in [0.3, 0.4) is 0 Å².